The largest absolute Gasteiger partial charge is 0.497 e. The second kappa shape index (κ2) is 18.7. The topological polar surface area (TPSA) is 64.6 Å². The lowest BCUT2D eigenvalue weighted by molar-refractivity contribution is -0.254. The molecule has 0 amide bonds. The van der Waals surface area contributed by atoms with Crippen molar-refractivity contribution in [1.29, 1.82) is 0 Å². The third kappa shape index (κ3) is 10.2. The van der Waals surface area contributed by atoms with Gasteiger partial charge in [0, 0.05) is 4.90 Å². The quantitative estimate of drug-likeness (QED) is 0.0962. The second-order valence-corrected chi connectivity index (χ2v) is 13.2. The summed E-state index contributed by atoms with van der Waals surface area (Å²) >= 11 is 1.62. The van der Waals surface area contributed by atoms with Gasteiger partial charge in [0.1, 0.15) is 41.4 Å². The fourth-order valence-electron chi connectivity index (χ4n) is 5.77. The number of ether oxygens (including phenoxy) is 7. The van der Waals surface area contributed by atoms with Crippen LogP contribution in [0, 0.1) is 0 Å². The third-order valence-corrected chi connectivity index (χ3v) is 9.62. The minimum Gasteiger partial charge on any atom is -0.497 e. The average Bonchev–Trinajstić information content (AvgIpc) is 3.18. The lowest BCUT2D eigenvalue weighted by Gasteiger charge is -2.46. The monoisotopic (exact) mass is 692 g/mol. The van der Waals surface area contributed by atoms with Crippen LogP contribution in [0.15, 0.2) is 144 Å². The van der Waals surface area contributed by atoms with Crippen LogP contribution in [0.3, 0.4) is 0 Å². The lowest BCUT2D eigenvalue weighted by atomic mass is 9.98. The molecule has 0 N–H and O–H groups in total. The van der Waals surface area contributed by atoms with Crippen molar-refractivity contribution in [2.45, 2.75) is 61.2 Å². The van der Waals surface area contributed by atoms with Crippen molar-refractivity contribution >= 4 is 11.8 Å². The maximum absolute atomic E-state index is 6.95. The van der Waals surface area contributed by atoms with Crippen LogP contribution in [0.5, 0.6) is 11.5 Å². The molecule has 8 heteroatoms. The average molecular weight is 693 g/mol. The molecule has 6 rings (SSSR count). The van der Waals surface area contributed by atoms with Crippen LogP contribution in [0.1, 0.15) is 22.3 Å². The fraction of sp³-hybridized carbons (Fsp3) is 0.286. The van der Waals surface area contributed by atoms with E-state index in [9.17, 15) is 0 Å². The molecule has 0 radical (unpaired) electrons. The van der Waals surface area contributed by atoms with Gasteiger partial charge in [-0.1, -0.05) is 115 Å². The van der Waals surface area contributed by atoms with Crippen molar-refractivity contribution in [2.75, 3.05) is 20.8 Å². The summed E-state index contributed by atoms with van der Waals surface area (Å²) in [6.45, 7) is 1.85. The maximum atomic E-state index is 6.95. The molecule has 1 aliphatic heterocycles. The number of thioether (sulfide) groups is 1. The van der Waals surface area contributed by atoms with Crippen molar-refractivity contribution in [3.05, 3.63) is 162 Å². The molecule has 7 nitrogen and oxygen atoms in total. The Morgan fingerprint density at radius 1 is 0.480 bits per heavy atom. The number of rotatable bonds is 17. The first-order valence-electron chi connectivity index (χ1n) is 16.8. The highest BCUT2D eigenvalue weighted by atomic mass is 32.2. The number of hydrogen-bond acceptors (Lipinski definition) is 8. The van der Waals surface area contributed by atoms with Gasteiger partial charge in [0.2, 0.25) is 0 Å². The zero-order valence-corrected chi connectivity index (χ0v) is 29.3. The normalized spacial score (nSPS) is 20.3. The molecule has 5 aromatic carbocycles. The molecule has 1 aliphatic rings. The Hall–Kier alpha value is -4.15. The summed E-state index contributed by atoms with van der Waals surface area (Å²) in [6.07, 6.45) is -1.95. The van der Waals surface area contributed by atoms with Crippen LogP contribution in [0.4, 0.5) is 0 Å². The van der Waals surface area contributed by atoms with E-state index in [1.165, 1.54) is 0 Å². The van der Waals surface area contributed by atoms with Gasteiger partial charge >= 0.3 is 0 Å². The molecule has 1 saturated heterocycles. The summed E-state index contributed by atoms with van der Waals surface area (Å²) in [5.74, 6) is 1.58. The minimum atomic E-state index is -0.514. The highest BCUT2D eigenvalue weighted by Gasteiger charge is 2.49. The van der Waals surface area contributed by atoms with E-state index in [-0.39, 0.29) is 0 Å². The van der Waals surface area contributed by atoms with Crippen LogP contribution >= 0.6 is 11.8 Å². The second-order valence-electron chi connectivity index (χ2n) is 12.0. The van der Waals surface area contributed by atoms with E-state index >= 15 is 0 Å². The van der Waals surface area contributed by atoms with Crippen LogP contribution < -0.4 is 9.47 Å². The molecular weight excluding hydrogens is 649 g/mol. The van der Waals surface area contributed by atoms with E-state index < -0.39 is 29.9 Å². The smallest absolute Gasteiger partial charge is 0.137 e. The molecule has 1 fully saturated rings. The summed E-state index contributed by atoms with van der Waals surface area (Å²) in [5, 5.41) is 0. The molecule has 0 aliphatic carbocycles. The summed E-state index contributed by atoms with van der Waals surface area (Å²) in [7, 11) is 3.33. The maximum Gasteiger partial charge on any atom is 0.137 e. The molecule has 260 valence electrons. The van der Waals surface area contributed by atoms with Gasteiger partial charge in [0.15, 0.2) is 0 Å². The predicted molar refractivity (Wildman–Crippen MR) is 195 cm³/mol. The molecule has 1 heterocycles. The predicted octanol–water partition coefficient (Wildman–Crippen LogP) is 8.49. The van der Waals surface area contributed by atoms with E-state index in [0.717, 1.165) is 38.6 Å². The minimum absolute atomic E-state index is 0.307. The van der Waals surface area contributed by atoms with Crippen molar-refractivity contribution in [3.8, 4) is 11.5 Å². The summed E-state index contributed by atoms with van der Waals surface area (Å²) in [6, 6.07) is 46.4. The van der Waals surface area contributed by atoms with E-state index in [2.05, 4.69) is 36.4 Å². The Morgan fingerprint density at radius 2 is 0.920 bits per heavy atom. The molecule has 0 unspecified atom stereocenters. The third-order valence-electron chi connectivity index (χ3n) is 8.47. The van der Waals surface area contributed by atoms with Crippen LogP contribution in [-0.2, 0) is 50.1 Å². The van der Waals surface area contributed by atoms with E-state index in [0.29, 0.717) is 33.0 Å². The molecule has 0 saturated carbocycles. The summed E-state index contributed by atoms with van der Waals surface area (Å²) < 4.78 is 44.5. The van der Waals surface area contributed by atoms with Gasteiger partial charge in [-0.25, -0.2) is 0 Å². The molecule has 0 spiro atoms. The van der Waals surface area contributed by atoms with Crippen molar-refractivity contribution < 1.29 is 33.2 Å². The standard InChI is InChI=1S/C42H44O7S/c1-43-35-22-18-33(19-23-35)28-46-39-38(30-45-26-31-12-6-3-7-13-31)49-42(50-37-16-10-5-11-17-37)41(48-27-32-14-8-4-9-15-32)40(39)47-29-34-20-24-36(44-2)25-21-34/h3-25,38-42H,26-30H2,1-2H3/t38-,39+,40+,41-,42+/m1/s1. The Balaban J connectivity index is 1.32. The van der Waals surface area contributed by atoms with E-state index in [1.54, 1.807) is 26.0 Å². The number of benzene rings is 5. The Morgan fingerprint density at radius 3 is 1.44 bits per heavy atom. The van der Waals surface area contributed by atoms with Gasteiger partial charge in [-0.15, -0.1) is 0 Å². The zero-order chi connectivity index (χ0) is 34.4. The summed E-state index contributed by atoms with van der Waals surface area (Å²) in [4.78, 5) is 1.07. The zero-order valence-electron chi connectivity index (χ0n) is 28.5. The molecule has 5 aromatic rings. The Kier molecular flexibility index (Phi) is 13.4. The Labute approximate surface area is 299 Å². The molecule has 0 aromatic heterocycles. The first kappa shape index (κ1) is 35.7. The van der Waals surface area contributed by atoms with Crippen molar-refractivity contribution in [1.82, 2.24) is 0 Å². The SMILES string of the molecule is COc1ccc(CO[C@H]2[C@@H](OCc3ccc(OC)cc3)[C@@H](COCc3ccccc3)O[C@@H](Sc3ccccc3)[C@@H]2OCc2ccccc2)cc1. The molecular formula is C42H44O7S. The van der Waals surface area contributed by atoms with Crippen LogP contribution in [0.2, 0.25) is 0 Å². The van der Waals surface area contributed by atoms with Crippen LogP contribution in [0.25, 0.3) is 0 Å². The number of hydrogen-bond donors (Lipinski definition) is 0. The summed E-state index contributed by atoms with van der Waals surface area (Å²) in [5.41, 5.74) is 3.76. The van der Waals surface area contributed by atoms with Gasteiger partial charge in [-0.3, -0.25) is 0 Å². The van der Waals surface area contributed by atoms with Crippen molar-refractivity contribution in [3.63, 3.8) is 0 Å². The lowest BCUT2D eigenvalue weighted by Crippen LogP contribution is -2.60. The molecule has 50 heavy (non-hydrogen) atoms. The number of methoxy groups -OCH3 is 2. The first-order valence-corrected chi connectivity index (χ1v) is 17.7. The van der Waals surface area contributed by atoms with Crippen molar-refractivity contribution in [2.24, 2.45) is 0 Å². The van der Waals surface area contributed by atoms with Gasteiger partial charge in [-0.05, 0) is 58.7 Å². The van der Waals surface area contributed by atoms with E-state index in [4.69, 9.17) is 33.2 Å². The Bertz CT molecular complexity index is 1670. The van der Waals surface area contributed by atoms with Gasteiger partial charge in [0.25, 0.3) is 0 Å². The molecule has 0 bridgehead atoms. The molecule has 5 atom stereocenters. The van der Waals surface area contributed by atoms with E-state index in [1.807, 2.05) is 103 Å². The fourth-order valence-corrected chi connectivity index (χ4v) is 6.92. The van der Waals surface area contributed by atoms with Crippen LogP contribution in [-0.4, -0.2) is 50.7 Å². The first-order chi connectivity index (χ1) is 24.7. The van der Waals surface area contributed by atoms with Gasteiger partial charge in [-0.2, -0.15) is 0 Å². The van der Waals surface area contributed by atoms with Gasteiger partial charge < -0.3 is 33.2 Å². The highest BCUT2D eigenvalue weighted by Crippen LogP contribution is 2.38. The highest BCUT2D eigenvalue weighted by molar-refractivity contribution is 7.99. The van der Waals surface area contributed by atoms with Gasteiger partial charge in [0.05, 0.1) is 47.3 Å².